The zero-order chi connectivity index (χ0) is 14.2. The van der Waals surface area contributed by atoms with Gasteiger partial charge in [-0.1, -0.05) is 24.4 Å². The van der Waals surface area contributed by atoms with Gasteiger partial charge in [0.05, 0.1) is 10.2 Å². The van der Waals surface area contributed by atoms with Crippen LogP contribution in [-0.2, 0) is 10.3 Å². The van der Waals surface area contributed by atoms with Gasteiger partial charge in [0, 0.05) is 13.0 Å². The van der Waals surface area contributed by atoms with E-state index in [4.69, 9.17) is 21.3 Å². The Hall–Kier alpha value is -0.190. The highest BCUT2D eigenvalue weighted by Gasteiger charge is 2.40. The van der Waals surface area contributed by atoms with Crippen molar-refractivity contribution in [1.82, 2.24) is 9.97 Å². The molecule has 2 aliphatic carbocycles. The summed E-state index contributed by atoms with van der Waals surface area (Å²) in [5, 5.41) is 0.528. The molecule has 0 N–H and O–H groups in total. The molecule has 0 spiro atoms. The van der Waals surface area contributed by atoms with E-state index < -0.39 is 0 Å². The van der Waals surface area contributed by atoms with E-state index in [-0.39, 0.29) is 5.60 Å². The fourth-order valence-corrected chi connectivity index (χ4v) is 4.25. The lowest BCUT2D eigenvalue weighted by Gasteiger charge is -2.27. The highest BCUT2D eigenvalue weighted by molar-refractivity contribution is 9.10. The monoisotopic (exact) mass is 358 g/mol. The normalized spacial score (nSPS) is 22.6. The van der Waals surface area contributed by atoms with Crippen LogP contribution in [0.5, 0.6) is 0 Å². The zero-order valence-corrected chi connectivity index (χ0v) is 14.1. The molecule has 0 saturated heterocycles. The Morgan fingerprint density at radius 2 is 1.80 bits per heavy atom. The average molecular weight is 360 g/mol. The molecule has 1 heterocycles. The second-order valence-electron chi connectivity index (χ2n) is 5.92. The van der Waals surface area contributed by atoms with E-state index in [9.17, 15) is 0 Å². The summed E-state index contributed by atoms with van der Waals surface area (Å²) in [5.41, 5.74) is 0.762. The second kappa shape index (κ2) is 5.90. The van der Waals surface area contributed by atoms with Crippen LogP contribution < -0.4 is 0 Å². The van der Waals surface area contributed by atoms with Crippen LogP contribution in [0.25, 0.3) is 0 Å². The molecule has 3 rings (SSSR count). The van der Waals surface area contributed by atoms with E-state index in [1.54, 1.807) is 7.11 Å². The first-order chi connectivity index (χ1) is 9.66. The molecule has 2 fully saturated rings. The summed E-state index contributed by atoms with van der Waals surface area (Å²) in [6.45, 7) is 0. The van der Waals surface area contributed by atoms with E-state index in [1.807, 2.05) is 0 Å². The number of hydrogen-bond acceptors (Lipinski definition) is 3. The molecule has 0 atom stereocenters. The molecule has 0 aliphatic heterocycles. The van der Waals surface area contributed by atoms with Gasteiger partial charge in [0.15, 0.2) is 5.82 Å². The smallest absolute Gasteiger partial charge is 0.162 e. The first-order valence-corrected chi connectivity index (χ1v) is 8.62. The van der Waals surface area contributed by atoms with Crippen molar-refractivity contribution in [2.24, 2.45) is 0 Å². The summed E-state index contributed by atoms with van der Waals surface area (Å²) in [6, 6.07) is 0. The minimum absolute atomic E-state index is 0.322. The van der Waals surface area contributed by atoms with Gasteiger partial charge in [-0.3, -0.25) is 0 Å². The summed E-state index contributed by atoms with van der Waals surface area (Å²) in [4.78, 5) is 9.38. The first-order valence-electron chi connectivity index (χ1n) is 7.45. The number of aromatic nitrogens is 2. The van der Waals surface area contributed by atoms with E-state index >= 15 is 0 Å². The highest BCUT2D eigenvalue weighted by atomic mass is 79.9. The maximum atomic E-state index is 6.34. The van der Waals surface area contributed by atoms with E-state index in [1.165, 1.54) is 38.5 Å². The van der Waals surface area contributed by atoms with Gasteiger partial charge in [-0.05, 0) is 54.5 Å². The Bertz CT molecular complexity index is 497. The van der Waals surface area contributed by atoms with Crippen LogP contribution in [0.15, 0.2) is 4.47 Å². The summed E-state index contributed by atoms with van der Waals surface area (Å²) >= 11 is 9.92. The van der Waals surface area contributed by atoms with Crippen LogP contribution in [-0.4, -0.2) is 17.1 Å². The average Bonchev–Trinajstić information content (AvgIpc) is 3.12. The maximum Gasteiger partial charge on any atom is 0.162 e. The highest BCUT2D eigenvalue weighted by Crippen LogP contribution is 2.43. The van der Waals surface area contributed by atoms with Gasteiger partial charge in [-0.25, -0.2) is 9.97 Å². The quantitative estimate of drug-likeness (QED) is 0.715. The number of methoxy groups -OCH3 is 1. The number of rotatable bonds is 3. The van der Waals surface area contributed by atoms with Crippen LogP contribution in [0.3, 0.4) is 0 Å². The Kier molecular flexibility index (Phi) is 4.34. The molecule has 0 unspecified atom stereocenters. The Labute approximate surface area is 133 Å². The third-order valence-corrected chi connectivity index (χ3v) is 6.07. The second-order valence-corrected chi connectivity index (χ2v) is 7.08. The van der Waals surface area contributed by atoms with E-state index in [0.717, 1.165) is 28.8 Å². The fourth-order valence-electron chi connectivity index (χ4n) is 3.57. The molecule has 2 saturated carbocycles. The van der Waals surface area contributed by atoms with Crippen LogP contribution >= 0.6 is 27.5 Å². The summed E-state index contributed by atoms with van der Waals surface area (Å²) in [7, 11) is 1.76. The standard InChI is InChI=1S/C15H20BrClN2O/c1-20-15(8-4-5-9-15)14-18-12(10-6-2-3-7-10)11(16)13(17)19-14/h10H,2-9H2,1H3. The topological polar surface area (TPSA) is 35.0 Å². The molecule has 0 aromatic carbocycles. The van der Waals surface area contributed by atoms with Gasteiger partial charge >= 0.3 is 0 Å². The van der Waals surface area contributed by atoms with Crippen molar-refractivity contribution in [2.45, 2.75) is 62.9 Å². The minimum atomic E-state index is -0.322. The van der Waals surface area contributed by atoms with Crippen molar-refractivity contribution in [2.75, 3.05) is 7.11 Å². The minimum Gasteiger partial charge on any atom is -0.370 e. The lowest BCUT2D eigenvalue weighted by Crippen LogP contribution is -2.28. The summed E-state index contributed by atoms with van der Waals surface area (Å²) < 4.78 is 6.67. The van der Waals surface area contributed by atoms with Crippen molar-refractivity contribution >= 4 is 27.5 Å². The third kappa shape index (κ3) is 2.51. The molecular weight excluding hydrogens is 340 g/mol. The van der Waals surface area contributed by atoms with Gasteiger partial charge in [-0.2, -0.15) is 0 Å². The van der Waals surface area contributed by atoms with Crippen molar-refractivity contribution in [1.29, 1.82) is 0 Å². The van der Waals surface area contributed by atoms with E-state index in [2.05, 4.69) is 20.9 Å². The molecule has 1 aromatic rings. The maximum absolute atomic E-state index is 6.34. The summed E-state index contributed by atoms with van der Waals surface area (Å²) in [6.07, 6.45) is 9.29. The van der Waals surface area contributed by atoms with Crippen LogP contribution in [0, 0.1) is 0 Å². The molecule has 20 heavy (non-hydrogen) atoms. The van der Waals surface area contributed by atoms with Gasteiger partial charge in [-0.15, -0.1) is 0 Å². The molecule has 3 nitrogen and oxygen atoms in total. The molecule has 5 heteroatoms. The molecule has 110 valence electrons. The predicted octanol–water partition coefficient (Wildman–Crippen LogP) is 4.97. The van der Waals surface area contributed by atoms with Gasteiger partial charge in [0.2, 0.25) is 0 Å². The van der Waals surface area contributed by atoms with Gasteiger partial charge < -0.3 is 4.74 Å². The SMILES string of the molecule is COC1(c2nc(Cl)c(Br)c(C3CCCC3)n2)CCCC1. The Balaban J connectivity index is 2.03. The van der Waals surface area contributed by atoms with Gasteiger partial charge in [0.1, 0.15) is 10.8 Å². The molecule has 2 aliphatic rings. The number of ether oxygens (including phenoxy) is 1. The predicted molar refractivity (Wildman–Crippen MR) is 83.1 cm³/mol. The fraction of sp³-hybridized carbons (Fsp3) is 0.733. The lowest BCUT2D eigenvalue weighted by molar-refractivity contribution is -0.0165. The molecule has 0 radical (unpaired) electrons. The van der Waals surface area contributed by atoms with Crippen LogP contribution in [0.2, 0.25) is 5.15 Å². The van der Waals surface area contributed by atoms with Gasteiger partial charge in [0.25, 0.3) is 0 Å². The first kappa shape index (κ1) is 14.7. The molecule has 1 aromatic heterocycles. The molecular formula is C15H20BrClN2O. The Morgan fingerprint density at radius 3 is 2.40 bits per heavy atom. The lowest BCUT2D eigenvalue weighted by atomic mass is 9.99. The van der Waals surface area contributed by atoms with Crippen molar-refractivity contribution in [3.8, 4) is 0 Å². The third-order valence-electron chi connectivity index (χ3n) is 4.79. The van der Waals surface area contributed by atoms with E-state index in [0.29, 0.717) is 11.1 Å². The van der Waals surface area contributed by atoms with Crippen molar-refractivity contribution < 1.29 is 4.74 Å². The zero-order valence-electron chi connectivity index (χ0n) is 11.8. The Morgan fingerprint density at radius 1 is 1.15 bits per heavy atom. The number of nitrogens with zero attached hydrogens (tertiary/aromatic N) is 2. The van der Waals surface area contributed by atoms with Crippen LogP contribution in [0.4, 0.5) is 0 Å². The van der Waals surface area contributed by atoms with Crippen molar-refractivity contribution in [3.05, 3.63) is 21.1 Å². The molecule has 0 amide bonds. The number of hydrogen-bond donors (Lipinski definition) is 0. The number of halogens is 2. The van der Waals surface area contributed by atoms with Crippen molar-refractivity contribution in [3.63, 3.8) is 0 Å². The molecule has 0 bridgehead atoms. The summed E-state index contributed by atoms with van der Waals surface area (Å²) in [5.74, 6) is 1.30. The van der Waals surface area contributed by atoms with Crippen LogP contribution in [0.1, 0.15) is 68.8 Å². The largest absolute Gasteiger partial charge is 0.370 e.